The van der Waals surface area contributed by atoms with E-state index in [9.17, 15) is 9.59 Å². The van der Waals surface area contributed by atoms with Crippen LogP contribution in [0.3, 0.4) is 0 Å². The fourth-order valence-electron chi connectivity index (χ4n) is 3.56. The summed E-state index contributed by atoms with van der Waals surface area (Å²) < 4.78 is 10.1. The van der Waals surface area contributed by atoms with Crippen LogP contribution in [-0.2, 0) is 9.53 Å². The molecule has 0 spiro atoms. The number of carbonyl (C=O) groups excluding carboxylic acids is 2. The Labute approximate surface area is 183 Å². The van der Waals surface area contributed by atoms with E-state index in [0.717, 1.165) is 19.6 Å². The van der Waals surface area contributed by atoms with Crippen LogP contribution in [0.1, 0.15) is 22.3 Å². The lowest BCUT2D eigenvalue weighted by atomic mass is 10.2. The topological polar surface area (TPSA) is 66.2 Å². The van der Waals surface area contributed by atoms with Crippen molar-refractivity contribution in [1.82, 2.24) is 14.7 Å². The average molecular weight is 426 g/mol. The van der Waals surface area contributed by atoms with Crippen LogP contribution in [0.2, 0.25) is 0 Å². The van der Waals surface area contributed by atoms with Gasteiger partial charge in [0.15, 0.2) is 0 Å². The second kappa shape index (κ2) is 12.1. The van der Waals surface area contributed by atoms with Crippen LogP contribution in [0.5, 0.6) is 0 Å². The first-order valence-corrected chi connectivity index (χ1v) is 10.7. The minimum atomic E-state index is -0.145. The number of carbonyl (C=O) groups is 2. The van der Waals surface area contributed by atoms with E-state index in [4.69, 9.17) is 9.15 Å². The number of amides is 2. The SMILES string of the molecule is COCCN(CCC(=O)N1CCN(C/C=C/c2ccccc2)CC1)C(=O)c1ccoc1. The highest BCUT2D eigenvalue weighted by Gasteiger charge is 2.23. The molecule has 0 radical (unpaired) electrons. The number of nitrogens with zero attached hydrogens (tertiary/aromatic N) is 3. The number of hydrogen-bond acceptors (Lipinski definition) is 5. The summed E-state index contributed by atoms with van der Waals surface area (Å²) in [5.41, 5.74) is 1.68. The summed E-state index contributed by atoms with van der Waals surface area (Å²) in [5, 5.41) is 0. The van der Waals surface area contributed by atoms with E-state index in [1.807, 2.05) is 23.1 Å². The molecule has 31 heavy (non-hydrogen) atoms. The highest BCUT2D eigenvalue weighted by molar-refractivity contribution is 5.94. The molecule has 3 rings (SSSR count). The smallest absolute Gasteiger partial charge is 0.257 e. The number of ether oxygens (including phenoxy) is 1. The van der Waals surface area contributed by atoms with Gasteiger partial charge in [-0.2, -0.15) is 0 Å². The monoisotopic (exact) mass is 425 g/mol. The molecule has 2 heterocycles. The molecule has 7 nitrogen and oxygen atoms in total. The van der Waals surface area contributed by atoms with Crippen LogP contribution in [-0.4, -0.2) is 86.0 Å². The third-order valence-electron chi connectivity index (χ3n) is 5.41. The molecule has 2 amide bonds. The summed E-state index contributed by atoms with van der Waals surface area (Å²) in [5.74, 6) is -0.0597. The predicted molar refractivity (Wildman–Crippen MR) is 120 cm³/mol. The van der Waals surface area contributed by atoms with Crippen molar-refractivity contribution in [1.29, 1.82) is 0 Å². The van der Waals surface area contributed by atoms with E-state index < -0.39 is 0 Å². The minimum Gasteiger partial charge on any atom is -0.472 e. The van der Waals surface area contributed by atoms with Crippen molar-refractivity contribution in [3.8, 4) is 0 Å². The lowest BCUT2D eigenvalue weighted by molar-refractivity contribution is -0.133. The Morgan fingerprint density at radius 1 is 1.10 bits per heavy atom. The van der Waals surface area contributed by atoms with Crippen molar-refractivity contribution in [3.05, 3.63) is 66.1 Å². The van der Waals surface area contributed by atoms with Crippen molar-refractivity contribution in [2.45, 2.75) is 6.42 Å². The molecule has 0 bridgehead atoms. The van der Waals surface area contributed by atoms with Gasteiger partial charge in [0.05, 0.1) is 18.4 Å². The molecule has 1 aliphatic heterocycles. The van der Waals surface area contributed by atoms with Crippen LogP contribution >= 0.6 is 0 Å². The predicted octanol–water partition coefficient (Wildman–Crippen LogP) is 2.62. The molecule has 1 fully saturated rings. The molecular weight excluding hydrogens is 394 g/mol. The standard InChI is InChI=1S/C24H31N3O4/c1-30-19-17-27(24(29)22-10-18-31-20-22)12-9-23(28)26-15-13-25(14-16-26)11-5-8-21-6-3-2-4-7-21/h2-8,10,18,20H,9,11-17,19H2,1H3/b8-5+. The molecular formula is C24H31N3O4. The van der Waals surface area contributed by atoms with E-state index in [-0.39, 0.29) is 11.8 Å². The van der Waals surface area contributed by atoms with E-state index >= 15 is 0 Å². The maximum Gasteiger partial charge on any atom is 0.257 e. The third kappa shape index (κ3) is 7.08. The molecule has 1 aromatic carbocycles. The summed E-state index contributed by atoms with van der Waals surface area (Å²) in [6, 6.07) is 11.9. The molecule has 0 N–H and O–H groups in total. The van der Waals surface area contributed by atoms with E-state index in [1.54, 1.807) is 18.1 Å². The fraction of sp³-hybridized carbons (Fsp3) is 0.417. The number of methoxy groups -OCH3 is 1. The molecule has 166 valence electrons. The summed E-state index contributed by atoms with van der Waals surface area (Å²) in [4.78, 5) is 31.2. The number of furan rings is 1. The zero-order valence-corrected chi connectivity index (χ0v) is 18.1. The summed E-state index contributed by atoms with van der Waals surface area (Å²) in [6.45, 7) is 5.24. The lowest BCUT2D eigenvalue weighted by Gasteiger charge is -2.34. The minimum absolute atomic E-state index is 0.0851. The average Bonchev–Trinajstić information content (AvgIpc) is 3.35. The zero-order chi connectivity index (χ0) is 21.9. The number of piperazine rings is 1. The van der Waals surface area contributed by atoms with E-state index in [0.29, 0.717) is 44.8 Å². The molecule has 0 saturated carbocycles. The van der Waals surface area contributed by atoms with Crippen molar-refractivity contribution in [3.63, 3.8) is 0 Å². The second-order valence-corrected chi connectivity index (χ2v) is 7.54. The molecule has 1 aromatic heterocycles. The van der Waals surface area contributed by atoms with Gasteiger partial charge in [-0.15, -0.1) is 0 Å². The summed E-state index contributed by atoms with van der Waals surface area (Å²) >= 11 is 0. The number of hydrogen-bond donors (Lipinski definition) is 0. The maximum atomic E-state index is 12.7. The van der Waals surface area contributed by atoms with Crippen molar-refractivity contribution < 1.29 is 18.7 Å². The van der Waals surface area contributed by atoms with Crippen LogP contribution < -0.4 is 0 Å². The molecule has 1 saturated heterocycles. The van der Waals surface area contributed by atoms with E-state index in [1.165, 1.54) is 18.1 Å². The van der Waals surface area contributed by atoms with Gasteiger partial charge in [0, 0.05) is 59.3 Å². The Morgan fingerprint density at radius 3 is 2.55 bits per heavy atom. The molecule has 7 heteroatoms. The van der Waals surface area contributed by atoms with Gasteiger partial charge in [0.25, 0.3) is 5.91 Å². The van der Waals surface area contributed by atoms with Gasteiger partial charge >= 0.3 is 0 Å². The van der Waals surface area contributed by atoms with Gasteiger partial charge in [-0.3, -0.25) is 14.5 Å². The maximum absolute atomic E-state index is 12.7. The Hall–Kier alpha value is -2.90. The quantitative estimate of drug-likeness (QED) is 0.586. The third-order valence-corrected chi connectivity index (χ3v) is 5.41. The summed E-state index contributed by atoms with van der Waals surface area (Å²) in [6.07, 6.45) is 7.50. The van der Waals surface area contributed by atoms with Crippen LogP contribution in [0, 0.1) is 0 Å². The van der Waals surface area contributed by atoms with E-state index in [2.05, 4.69) is 29.2 Å². The van der Waals surface area contributed by atoms with Crippen molar-refractivity contribution in [2.24, 2.45) is 0 Å². The first-order chi connectivity index (χ1) is 15.2. The van der Waals surface area contributed by atoms with Gasteiger partial charge < -0.3 is 19.0 Å². The lowest BCUT2D eigenvalue weighted by Crippen LogP contribution is -2.49. The largest absolute Gasteiger partial charge is 0.472 e. The van der Waals surface area contributed by atoms with Crippen LogP contribution in [0.25, 0.3) is 6.08 Å². The second-order valence-electron chi connectivity index (χ2n) is 7.54. The Morgan fingerprint density at radius 2 is 1.87 bits per heavy atom. The molecule has 0 aliphatic carbocycles. The van der Waals surface area contributed by atoms with Gasteiger partial charge in [-0.25, -0.2) is 0 Å². The molecule has 2 aromatic rings. The first kappa shape index (κ1) is 22.8. The Bertz CT molecular complexity index is 828. The van der Waals surface area contributed by atoms with Crippen molar-refractivity contribution >= 4 is 17.9 Å². The normalized spacial score (nSPS) is 14.8. The van der Waals surface area contributed by atoms with Crippen LogP contribution in [0.15, 0.2) is 59.4 Å². The molecule has 0 unspecified atom stereocenters. The highest BCUT2D eigenvalue weighted by Crippen LogP contribution is 2.09. The molecule has 1 aliphatic rings. The molecule has 0 atom stereocenters. The Kier molecular flexibility index (Phi) is 8.87. The first-order valence-electron chi connectivity index (χ1n) is 10.7. The van der Waals surface area contributed by atoms with Crippen LogP contribution in [0.4, 0.5) is 0 Å². The fourth-order valence-corrected chi connectivity index (χ4v) is 3.56. The van der Waals surface area contributed by atoms with Gasteiger partial charge in [-0.05, 0) is 11.6 Å². The number of benzene rings is 1. The summed E-state index contributed by atoms with van der Waals surface area (Å²) in [7, 11) is 1.60. The van der Waals surface area contributed by atoms with Gasteiger partial charge in [0.1, 0.15) is 6.26 Å². The highest BCUT2D eigenvalue weighted by atomic mass is 16.5. The Balaban J connectivity index is 1.42. The van der Waals surface area contributed by atoms with Gasteiger partial charge in [0.2, 0.25) is 5.91 Å². The number of rotatable bonds is 10. The van der Waals surface area contributed by atoms with Crippen molar-refractivity contribution in [2.75, 3.05) is 59.5 Å². The van der Waals surface area contributed by atoms with Gasteiger partial charge in [-0.1, -0.05) is 42.5 Å². The zero-order valence-electron chi connectivity index (χ0n) is 18.1.